The summed E-state index contributed by atoms with van der Waals surface area (Å²) in [6.07, 6.45) is 3.12. The van der Waals surface area contributed by atoms with Gasteiger partial charge in [-0.05, 0) is 42.0 Å². The van der Waals surface area contributed by atoms with Crippen molar-refractivity contribution in [3.63, 3.8) is 0 Å². The zero-order chi connectivity index (χ0) is 22.4. The first-order valence-electron chi connectivity index (χ1n) is 10.2. The second-order valence-corrected chi connectivity index (χ2v) is 9.37. The topological polar surface area (TPSA) is 103 Å². The number of hydrogen-bond donors (Lipinski definition) is 2. The van der Waals surface area contributed by atoms with Gasteiger partial charge >= 0.3 is 0 Å². The number of pyridine rings is 1. The molecule has 7 heteroatoms. The van der Waals surface area contributed by atoms with Gasteiger partial charge in [-0.15, -0.1) is 0 Å². The van der Waals surface area contributed by atoms with Crippen molar-refractivity contribution in [3.05, 3.63) is 78.6 Å². The van der Waals surface area contributed by atoms with Crippen LogP contribution in [0.15, 0.2) is 78.0 Å². The Hall–Kier alpha value is -2.74. The molecule has 2 atom stereocenters. The molecule has 0 saturated heterocycles. The van der Waals surface area contributed by atoms with Crippen LogP contribution in [0.4, 0.5) is 0 Å². The number of aliphatic hydroxyl groups excluding tert-OH is 1. The van der Waals surface area contributed by atoms with Crippen LogP contribution in [0.3, 0.4) is 0 Å². The molecule has 1 heterocycles. The summed E-state index contributed by atoms with van der Waals surface area (Å²) in [6, 6.07) is 18.0. The Bertz CT molecular complexity index is 1090. The maximum atomic E-state index is 12.3. The number of benzene rings is 2. The molecule has 0 radical (unpaired) electrons. The van der Waals surface area contributed by atoms with Gasteiger partial charge in [0, 0.05) is 18.0 Å². The van der Waals surface area contributed by atoms with Gasteiger partial charge in [0.25, 0.3) is 0 Å². The van der Waals surface area contributed by atoms with E-state index in [1.54, 1.807) is 24.5 Å². The molecule has 0 bridgehead atoms. The van der Waals surface area contributed by atoms with Crippen LogP contribution in [-0.4, -0.2) is 30.7 Å². The average Bonchev–Trinajstić information content (AvgIpc) is 2.76. The standard InChI is InChI=1S/C24H28N2O4S/c1-17(2)23(21(27)14-13-18-8-7-15-26-16-18)30-24-20(19-9-4-3-5-10-19)11-6-12-22(24)31(25,28)29/h3-12,15-17,21,23,27H,13-14H2,1-2H3,(H2,25,28,29). The Morgan fingerprint density at radius 2 is 1.77 bits per heavy atom. The predicted molar refractivity (Wildman–Crippen MR) is 121 cm³/mol. The molecule has 2 aromatic carbocycles. The summed E-state index contributed by atoms with van der Waals surface area (Å²) in [5.41, 5.74) is 2.42. The van der Waals surface area contributed by atoms with Gasteiger partial charge < -0.3 is 9.84 Å². The molecule has 1 aromatic heterocycles. The lowest BCUT2D eigenvalue weighted by Crippen LogP contribution is -2.37. The smallest absolute Gasteiger partial charge is 0.241 e. The van der Waals surface area contributed by atoms with E-state index in [0.29, 0.717) is 18.4 Å². The number of primary sulfonamides is 1. The fourth-order valence-electron chi connectivity index (χ4n) is 3.53. The molecule has 0 aliphatic carbocycles. The molecule has 6 nitrogen and oxygen atoms in total. The highest BCUT2D eigenvalue weighted by Gasteiger charge is 2.29. The van der Waals surface area contributed by atoms with Crippen LogP contribution in [0.5, 0.6) is 5.75 Å². The van der Waals surface area contributed by atoms with E-state index in [4.69, 9.17) is 9.88 Å². The maximum Gasteiger partial charge on any atom is 0.241 e. The second-order valence-electron chi connectivity index (χ2n) is 7.84. The number of ether oxygens (including phenoxy) is 1. The number of nitrogens with two attached hydrogens (primary N) is 1. The van der Waals surface area contributed by atoms with E-state index in [1.165, 1.54) is 6.07 Å². The predicted octanol–water partition coefficient (Wildman–Crippen LogP) is 3.79. The Morgan fingerprint density at radius 1 is 1.03 bits per heavy atom. The van der Waals surface area contributed by atoms with E-state index in [0.717, 1.165) is 11.1 Å². The van der Waals surface area contributed by atoms with E-state index < -0.39 is 22.2 Å². The van der Waals surface area contributed by atoms with Crippen molar-refractivity contribution in [2.45, 2.75) is 43.8 Å². The van der Waals surface area contributed by atoms with Crippen LogP contribution >= 0.6 is 0 Å². The molecule has 0 fully saturated rings. The van der Waals surface area contributed by atoms with Crippen molar-refractivity contribution >= 4 is 10.0 Å². The summed E-state index contributed by atoms with van der Waals surface area (Å²) in [7, 11) is -4.03. The fraction of sp³-hybridized carbons (Fsp3) is 0.292. The maximum absolute atomic E-state index is 12.3. The van der Waals surface area contributed by atoms with Crippen molar-refractivity contribution in [2.24, 2.45) is 11.1 Å². The molecule has 3 rings (SSSR count). The number of para-hydroxylation sites is 1. The van der Waals surface area contributed by atoms with Gasteiger partial charge in [0.1, 0.15) is 16.7 Å². The largest absolute Gasteiger partial charge is 0.485 e. The molecule has 0 aliphatic rings. The lowest BCUT2D eigenvalue weighted by Gasteiger charge is -2.29. The molecule has 31 heavy (non-hydrogen) atoms. The summed E-state index contributed by atoms with van der Waals surface area (Å²) >= 11 is 0. The van der Waals surface area contributed by atoms with E-state index >= 15 is 0 Å². The Labute approximate surface area is 183 Å². The van der Waals surface area contributed by atoms with Crippen molar-refractivity contribution in [1.82, 2.24) is 4.98 Å². The Kier molecular flexibility index (Phi) is 7.43. The molecule has 3 N–H and O–H groups in total. The van der Waals surface area contributed by atoms with E-state index in [9.17, 15) is 13.5 Å². The Balaban J connectivity index is 1.95. The van der Waals surface area contributed by atoms with Crippen molar-refractivity contribution in [2.75, 3.05) is 0 Å². The number of hydrogen-bond acceptors (Lipinski definition) is 5. The number of aliphatic hydroxyl groups is 1. The summed E-state index contributed by atoms with van der Waals surface area (Å²) in [5.74, 6) is 0.0939. The van der Waals surface area contributed by atoms with Gasteiger partial charge in [-0.1, -0.05) is 62.4 Å². The van der Waals surface area contributed by atoms with Gasteiger partial charge in [0.15, 0.2) is 0 Å². The molecular formula is C24H28N2O4S. The first-order valence-corrected chi connectivity index (χ1v) is 11.8. The Morgan fingerprint density at radius 3 is 2.39 bits per heavy atom. The molecule has 0 amide bonds. The molecule has 3 aromatic rings. The summed E-state index contributed by atoms with van der Waals surface area (Å²) in [5, 5.41) is 16.4. The number of aromatic nitrogens is 1. The molecule has 2 unspecified atom stereocenters. The quantitative estimate of drug-likeness (QED) is 0.527. The zero-order valence-corrected chi connectivity index (χ0v) is 18.5. The van der Waals surface area contributed by atoms with Gasteiger partial charge in [-0.25, -0.2) is 13.6 Å². The highest BCUT2D eigenvalue weighted by molar-refractivity contribution is 7.89. The minimum Gasteiger partial charge on any atom is -0.485 e. The van der Waals surface area contributed by atoms with Crippen LogP contribution in [-0.2, 0) is 16.4 Å². The lowest BCUT2D eigenvalue weighted by molar-refractivity contribution is 0.00359. The van der Waals surface area contributed by atoms with Crippen LogP contribution in [0.25, 0.3) is 11.1 Å². The van der Waals surface area contributed by atoms with Crippen molar-refractivity contribution in [1.29, 1.82) is 0 Å². The summed E-state index contributed by atoms with van der Waals surface area (Å²) < 4.78 is 30.8. The first kappa shape index (κ1) is 22.9. The normalized spacial score (nSPS) is 13.7. The van der Waals surface area contributed by atoms with Gasteiger partial charge in [0.05, 0.1) is 6.10 Å². The average molecular weight is 441 g/mol. The van der Waals surface area contributed by atoms with Gasteiger partial charge in [0.2, 0.25) is 10.0 Å². The summed E-state index contributed by atoms with van der Waals surface area (Å²) in [6.45, 7) is 3.86. The van der Waals surface area contributed by atoms with Crippen molar-refractivity contribution < 1.29 is 18.3 Å². The SMILES string of the molecule is CC(C)C(Oc1c(-c2ccccc2)cccc1S(N)(=O)=O)C(O)CCc1cccnc1. The van der Waals surface area contributed by atoms with E-state index in [-0.39, 0.29) is 16.6 Å². The molecule has 0 spiro atoms. The third kappa shape index (κ3) is 5.91. The van der Waals surface area contributed by atoms with E-state index in [1.807, 2.05) is 56.3 Å². The monoisotopic (exact) mass is 440 g/mol. The minimum atomic E-state index is -4.03. The van der Waals surface area contributed by atoms with Gasteiger partial charge in [-0.2, -0.15) is 0 Å². The van der Waals surface area contributed by atoms with Gasteiger partial charge in [-0.3, -0.25) is 4.98 Å². The zero-order valence-electron chi connectivity index (χ0n) is 17.7. The highest BCUT2D eigenvalue weighted by atomic mass is 32.2. The van der Waals surface area contributed by atoms with Crippen molar-refractivity contribution in [3.8, 4) is 16.9 Å². The highest BCUT2D eigenvalue weighted by Crippen LogP contribution is 2.37. The van der Waals surface area contributed by atoms with Crippen LogP contribution in [0, 0.1) is 5.92 Å². The number of rotatable bonds is 9. The summed E-state index contributed by atoms with van der Waals surface area (Å²) in [4.78, 5) is 4.00. The van der Waals surface area contributed by atoms with E-state index in [2.05, 4.69) is 4.98 Å². The number of nitrogens with zero attached hydrogens (tertiary/aromatic N) is 1. The second kappa shape index (κ2) is 10.0. The van der Waals surface area contributed by atoms with Crippen LogP contribution < -0.4 is 9.88 Å². The van der Waals surface area contributed by atoms with Crippen LogP contribution in [0.2, 0.25) is 0 Å². The number of sulfonamides is 1. The third-order valence-electron chi connectivity index (χ3n) is 5.11. The fourth-order valence-corrected chi connectivity index (χ4v) is 4.21. The minimum absolute atomic E-state index is 0.0685. The molecule has 0 saturated carbocycles. The first-order chi connectivity index (χ1) is 14.8. The number of aryl methyl sites for hydroxylation is 1. The van der Waals surface area contributed by atoms with Crippen LogP contribution in [0.1, 0.15) is 25.8 Å². The molecule has 0 aliphatic heterocycles. The lowest BCUT2D eigenvalue weighted by atomic mass is 9.96. The third-order valence-corrected chi connectivity index (χ3v) is 6.05. The molecular weight excluding hydrogens is 412 g/mol. The molecule has 164 valence electrons.